The highest BCUT2D eigenvalue weighted by molar-refractivity contribution is 5.82. The molecule has 0 N–H and O–H groups in total. The predicted molar refractivity (Wildman–Crippen MR) is 109 cm³/mol. The van der Waals surface area contributed by atoms with E-state index in [0.717, 1.165) is 11.1 Å². The Morgan fingerprint density at radius 3 is 2.00 bits per heavy atom. The average molecular weight is 386 g/mol. The number of hydrogen-bond acceptors (Lipinski definition) is 4. The van der Waals surface area contributed by atoms with Crippen LogP contribution in [0.5, 0.6) is 5.75 Å². The van der Waals surface area contributed by atoms with Crippen molar-refractivity contribution in [1.29, 1.82) is 0 Å². The molecule has 0 heterocycles. The highest BCUT2D eigenvalue weighted by Gasteiger charge is 2.57. The fourth-order valence-corrected chi connectivity index (χ4v) is 3.74. The zero-order chi connectivity index (χ0) is 20.1. The highest BCUT2D eigenvalue weighted by Crippen LogP contribution is 2.56. The monoisotopic (exact) mass is 386 g/mol. The van der Waals surface area contributed by atoms with Gasteiger partial charge in [-0.2, -0.15) is 0 Å². The van der Waals surface area contributed by atoms with Crippen LogP contribution in [0.3, 0.4) is 0 Å². The normalized spacial score (nSPS) is 19.9. The minimum atomic E-state index is -0.345. The van der Waals surface area contributed by atoms with Crippen LogP contribution >= 0.6 is 0 Å². The first kappa shape index (κ1) is 18.9. The molecular formula is C25H22O4. The Labute approximate surface area is 170 Å². The van der Waals surface area contributed by atoms with Gasteiger partial charge in [-0.15, -0.1) is 0 Å². The van der Waals surface area contributed by atoms with Gasteiger partial charge >= 0.3 is 11.9 Å². The van der Waals surface area contributed by atoms with Crippen LogP contribution in [-0.4, -0.2) is 11.9 Å². The van der Waals surface area contributed by atoms with E-state index in [9.17, 15) is 9.59 Å². The summed E-state index contributed by atoms with van der Waals surface area (Å²) in [5, 5.41) is 0. The highest BCUT2D eigenvalue weighted by atomic mass is 16.5. The third-order valence-electron chi connectivity index (χ3n) is 5.23. The van der Waals surface area contributed by atoms with Crippen molar-refractivity contribution < 1.29 is 19.1 Å². The molecule has 0 unspecified atom stereocenters. The Morgan fingerprint density at radius 1 is 0.759 bits per heavy atom. The topological polar surface area (TPSA) is 52.6 Å². The van der Waals surface area contributed by atoms with Gasteiger partial charge in [0.15, 0.2) is 0 Å². The predicted octanol–water partition coefficient (Wildman–Crippen LogP) is 4.76. The summed E-state index contributed by atoms with van der Waals surface area (Å²) in [4.78, 5) is 25.2. The van der Waals surface area contributed by atoms with Crippen LogP contribution in [0.25, 0.3) is 0 Å². The van der Waals surface area contributed by atoms with Crippen molar-refractivity contribution in [1.82, 2.24) is 0 Å². The van der Waals surface area contributed by atoms with E-state index >= 15 is 0 Å². The van der Waals surface area contributed by atoms with E-state index in [1.165, 1.54) is 0 Å². The van der Waals surface area contributed by atoms with E-state index in [1.807, 2.05) is 78.9 Å². The zero-order valence-electron chi connectivity index (χ0n) is 15.9. The Balaban J connectivity index is 1.41. The number of rotatable bonds is 7. The van der Waals surface area contributed by atoms with E-state index < -0.39 is 0 Å². The molecule has 3 aromatic rings. The molecule has 0 amide bonds. The molecule has 0 aliphatic heterocycles. The van der Waals surface area contributed by atoms with E-state index in [4.69, 9.17) is 9.47 Å². The van der Waals surface area contributed by atoms with Gasteiger partial charge in [0.1, 0.15) is 12.4 Å². The second-order valence-electron chi connectivity index (χ2n) is 7.21. The largest absolute Gasteiger partial charge is 0.461 e. The van der Waals surface area contributed by atoms with Crippen LogP contribution in [-0.2, 0) is 20.9 Å². The van der Waals surface area contributed by atoms with E-state index in [-0.39, 0.29) is 42.7 Å². The lowest BCUT2D eigenvalue weighted by Crippen LogP contribution is -2.13. The molecule has 4 heteroatoms. The van der Waals surface area contributed by atoms with Crippen LogP contribution in [0.2, 0.25) is 0 Å². The molecular weight excluding hydrogens is 364 g/mol. The molecule has 1 saturated carbocycles. The Morgan fingerprint density at radius 2 is 1.34 bits per heavy atom. The quantitative estimate of drug-likeness (QED) is 0.434. The van der Waals surface area contributed by atoms with Crippen molar-refractivity contribution in [2.24, 2.45) is 11.8 Å². The van der Waals surface area contributed by atoms with Crippen molar-refractivity contribution in [2.45, 2.75) is 18.9 Å². The van der Waals surface area contributed by atoms with Crippen LogP contribution in [0.1, 0.15) is 23.5 Å². The van der Waals surface area contributed by atoms with Gasteiger partial charge in [-0.1, -0.05) is 78.9 Å². The van der Waals surface area contributed by atoms with Crippen LogP contribution in [0, 0.1) is 11.8 Å². The van der Waals surface area contributed by atoms with E-state index in [2.05, 4.69) is 0 Å². The Bertz CT molecular complexity index is 954. The molecule has 0 bridgehead atoms. The third kappa shape index (κ3) is 4.72. The maximum Gasteiger partial charge on any atom is 0.315 e. The summed E-state index contributed by atoms with van der Waals surface area (Å²) < 4.78 is 11.0. The number of esters is 2. The molecule has 0 radical (unpaired) electrons. The number of carbonyl (C=O) groups excluding carboxylic acids is 2. The average Bonchev–Trinajstić information content (AvgIpc) is 3.48. The summed E-state index contributed by atoms with van der Waals surface area (Å²) in [7, 11) is 0. The van der Waals surface area contributed by atoms with Crippen molar-refractivity contribution in [3.63, 3.8) is 0 Å². The van der Waals surface area contributed by atoms with Gasteiger partial charge in [0.2, 0.25) is 0 Å². The number of carbonyl (C=O) groups is 2. The SMILES string of the molecule is O=C(C[C@@H]1[C@@H](C(=O)Oc2ccccc2)[C@@H]1c1ccccc1)OCc1ccccc1. The Hall–Kier alpha value is -3.40. The molecule has 3 aromatic carbocycles. The molecule has 1 aliphatic carbocycles. The number of para-hydroxylation sites is 1. The molecule has 0 spiro atoms. The summed E-state index contributed by atoms with van der Waals surface area (Å²) in [5.41, 5.74) is 1.99. The van der Waals surface area contributed by atoms with Crippen LogP contribution < -0.4 is 4.74 Å². The fourth-order valence-electron chi connectivity index (χ4n) is 3.74. The number of hydrogen-bond donors (Lipinski definition) is 0. The lowest BCUT2D eigenvalue weighted by atomic mass is 10.1. The van der Waals surface area contributed by atoms with Gasteiger partial charge in [-0.3, -0.25) is 9.59 Å². The third-order valence-corrected chi connectivity index (χ3v) is 5.23. The summed E-state index contributed by atoms with van der Waals surface area (Å²) in [6, 6.07) is 28.4. The lowest BCUT2D eigenvalue weighted by molar-refractivity contribution is -0.145. The van der Waals surface area contributed by atoms with Gasteiger partial charge in [0.05, 0.1) is 5.92 Å². The molecule has 0 aromatic heterocycles. The van der Waals surface area contributed by atoms with E-state index in [1.54, 1.807) is 12.1 Å². The number of ether oxygens (including phenoxy) is 2. The zero-order valence-corrected chi connectivity index (χ0v) is 15.9. The number of benzene rings is 3. The van der Waals surface area contributed by atoms with Crippen molar-refractivity contribution in [3.8, 4) is 5.75 Å². The molecule has 4 rings (SSSR count). The molecule has 1 aliphatic rings. The second-order valence-corrected chi connectivity index (χ2v) is 7.21. The molecule has 3 atom stereocenters. The first-order valence-electron chi connectivity index (χ1n) is 9.73. The van der Waals surface area contributed by atoms with Gasteiger partial charge < -0.3 is 9.47 Å². The molecule has 4 nitrogen and oxygen atoms in total. The van der Waals surface area contributed by atoms with Crippen LogP contribution in [0.15, 0.2) is 91.0 Å². The molecule has 0 saturated heterocycles. The first-order valence-corrected chi connectivity index (χ1v) is 9.73. The van der Waals surface area contributed by atoms with Gasteiger partial charge in [0.25, 0.3) is 0 Å². The summed E-state index contributed by atoms with van der Waals surface area (Å²) in [6.07, 6.45) is 0.195. The lowest BCUT2D eigenvalue weighted by Gasteiger charge is -2.05. The summed E-state index contributed by atoms with van der Waals surface area (Å²) in [6.45, 7) is 0.238. The first-order chi connectivity index (χ1) is 14.2. The molecule has 146 valence electrons. The summed E-state index contributed by atoms with van der Waals surface area (Å²) in [5.74, 6) is -0.572. The molecule has 29 heavy (non-hydrogen) atoms. The minimum absolute atomic E-state index is 0.0308. The van der Waals surface area contributed by atoms with Crippen molar-refractivity contribution in [3.05, 3.63) is 102 Å². The van der Waals surface area contributed by atoms with E-state index in [0.29, 0.717) is 5.75 Å². The maximum atomic E-state index is 12.8. The maximum absolute atomic E-state index is 12.8. The van der Waals surface area contributed by atoms with Crippen molar-refractivity contribution >= 4 is 11.9 Å². The standard InChI is InChI=1S/C25H22O4/c26-22(28-17-18-10-4-1-5-11-18)16-21-23(19-12-6-2-7-13-19)24(21)25(27)29-20-14-8-3-9-15-20/h1-15,21,23-24H,16-17H2/t21-,23+,24+/m0/s1. The van der Waals surface area contributed by atoms with Gasteiger partial charge in [-0.25, -0.2) is 0 Å². The van der Waals surface area contributed by atoms with Gasteiger partial charge in [-0.05, 0) is 29.2 Å². The Kier molecular flexibility index (Phi) is 5.71. The van der Waals surface area contributed by atoms with Crippen LogP contribution in [0.4, 0.5) is 0 Å². The fraction of sp³-hybridized carbons (Fsp3) is 0.200. The minimum Gasteiger partial charge on any atom is -0.461 e. The second kappa shape index (κ2) is 8.74. The van der Waals surface area contributed by atoms with Gasteiger partial charge in [0, 0.05) is 12.3 Å². The smallest absolute Gasteiger partial charge is 0.315 e. The van der Waals surface area contributed by atoms with Crippen molar-refractivity contribution in [2.75, 3.05) is 0 Å². The molecule has 1 fully saturated rings. The summed E-state index contributed by atoms with van der Waals surface area (Å²) >= 11 is 0.